The largest absolute Gasteiger partial charge is 0.324 e. The van der Waals surface area contributed by atoms with Gasteiger partial charge >= 0.3 is 0 Å². The Labute approximate surface area is 110 Å². The normalized spacial score (nSPS) is 15.2. The Balaban J connectivity index is 4.20. The zero-order chi connectivity index (χ0) is 13.3. The topological polar surface area (TPSA) is 38.4 Å². The van der Waals surface area contributed by atoms with Crippen LogP contribution in [0.5, 0.6) is 0 Å². The van der Waals surface area contributed by atoms with Gasteiger partial charge in [0.2, 0.25) is 0 Å². The number of rotatable bonds is 5. The zero-order valence-electron chi connectivity index (χ0n) is 11.5. The predicted molar refractivity (Wildman–Crippen MR) is 81.5 cm³/mol. The molecule has 0 fully saturated rings. The Morgan fingerprint density at radius 2 is 1.94 bits per heavy atom. The van der Waals surface area contributed by atoms with E-state index in [9.17, 15) is 0 Å². The first kappa shape index (κ1) is 16.2. The van der Waals surface area contributed by atoms with E-state index < -0.39 is 0 Å². The van der Waals surface area contributed by atoms with E-state index in [-0.39, 0.29) is 6.04 Å². The number of aliphatic imine (C=N–C) groups is 1. The maximum absolute atomic E-state index is 6.06. The highest BCUT2D eigenvalue weighted by molar-refractivity contribution is 8.16. The van der Waals surface area contributed by atoms with Gasteiger partial charge in [-0.05, 0) is 39.5 Å². The maximum atomic E-state index is 6.06. The molecule has 0 bridgehead atoms. The average Bonchev–Trinajstić information content (AvgIpc) is 2.30. The summed E-state index contributed by atoms with van der Waals surface area (Å²) in [6.45, 7) is 8.25. The van der Waals surface area contributed by atoms with Crippen LogP contribution in [-0.4, -0.2) is 18.1 Å². The molecule has 0 aromatic heterocycles. The van der Waals surface area contributed by atoms with Crippen LogP contribution in [0.15, 0.2) is 39.8 Å². The van der Waals surface area contributed by atoms with Crippen LogP contribution >= 0.6 is 11.8 Å². The molecule has 1 unspecified atom stereocenters. The van der Waals surface area contributed by atoms with E-state index in [4.69, 9.17) is 5.73 Å². The molecule has 0 saturated carbocycles. The summed E-state index contributed by atoms with van der Waals surface area (Å²) in [5.41, 5.74) is 8.57. The molecule has 0 aliphatic rings. The van der Waals surface area contributed by atoms with Gasteiger partial charge in [0.05, 0.1) is 5.04 Å². The monoisotopic (exact) mass is 252 g/mol. The lowest BCUT2D eigenvalue weighted by molar-refractivity contribution is 0.780. The molecule has 1 atom stereocenters. The molecule has 0 amide bonds. The van der Waals surface area contributed by atoms with E-state index in [0.29, 0.717) is 0 Å². The van der Waals surface area contributed by atoms with Crippen LogP contribution in [-0.2, 0) is 0 Å². The Bertz CT molecular complexity index is 334. The SMILES string of the molecule is C/N=C(/C)S/C=C/C=C(\C)C(N)CC=C(C)C. The van der Waals surface area contributed by atoms with Gasteiger partial charge < -0.3 is 5.73 Å². The number of nitrogens with zero attached hydrogens (tertiary/aromatic N) is 1. The highest BCUT2D eigenvalue weighted by atomic mass is 32.2. The molecule has 0 aromatic rings. The molecule has 17 heavy (non-hydrogen) atoms. The summed E-state index contributed by atoms with van der Waals surface area (Å²) in [5.74, 6) is 0. The van der Waals surface area contributed by atoms with Crippen molar-refractivity contribution in [2.45, 2.75) is 40.2 Å². The molecule has 2 nitrogen and oxygen atoms in total. The van der Waals surface area contributed by atoms with Gasteiger partial charge in [0.1, 0.15) is 0 Å². The summed E-state index contributed by atoms with van der Waals surface area (Å²) in [6, 6.07) is 0.112. The second-order valence-electron chi connectivity index (χ2n) is 4.22. The predicted octanol–water partition coefficient (Wildman–Crippen LogP) is 3.91. The van der Waals surface area contributed by atoms with E-state index in [1.807, 2.05) is 18.4 Å². The van der Waals surface area contributed by atoms with Crippen LogP contribution < -0.4 is 5.73 Å². The lowest BCUT2D eigenvalue weighted by Gasteiger charge is -2.09. The van der Waals surface area contributed by atoms with Crippen LogP contribution in [0.3, 0.4) is 0 Å². The van der Waals surface area contributed by atoms with E-state index in [2.05, 4.69) is 37.9 Å². The number of hydrogen-bond acceptors (Lipinski definition) is 3. The lowest BCUT2D eigenvalue weighted by atomic mass is 10.0. The molecule has 2 N–H and O–H groups in total. The zero-order valence-corrected chi connectivity index (χ0v) is 12.3. The van der Waals surface area contributed by atoms with E-state index in [0.717, 1.165) is 11.5 Å². The van der Waals surface area contributed by atoms with E-state index in [1.54, 1.807) is 18.8 Å². The van der Waals surface area contributed by atoms with Crippen LogP contribution in [0, 0.1) is 0 Å². The van der Waals surface area contributed by atoms with Crippen molar-refractivity contribution >= 4 is 16.8 Å². The average molecular weight is 252 g/mol. The Hall–Kier alpha value is -0.800. The van der Waals surface area contributed by atoms with Gasteiger partial charge in [0, 0.05) is 13.1 Å². The number of hydrogen-bond donors (Lipinski definition) is 1. The summed E-state index contributed by atoms with van der Waals surface area (Å²) in [6.07, 6.45) is 7.17. The molecular formula is C14H24N2S. The van der Waals surface area contributed by atoms with Crippen LogP contribution in [0.25, 0.3) is 0 Å². The lowest BCUT2D eigenvalue weighted by Crippen LogP contribution is -2.20. The van der Waals surface area contributed by atoms with Gasteiger partial charge in [-0.15, -0.1) is 0 Å². The molecule has 0 rings (SSSR count). The summed E-state index contributed by atoms with van der Waals surface area (Å²) >= 11 is 1.62. The Morgan fingerprint density at radius 1 is 1.29 bits per heavy atom. The fourth-order valence-corrected chi connectivity index (χ4v) is 1.51. The van der Waals surface area contributed by atoms with Gasteiger partial charge in [-0.25, -0.2) is 0 Å². The third-order valence-corrected chi connectivity index (χ3v) is 3.17. The molecule has 0 heterocycles. The minimum Gasteiger partial charge on any atom is -0.324 e. The van der Waals surface area contributed by atoms with Crippen molar-refractivity contribution in [3.63, 3.8) is 0 Å². The second kappa shape index (κ2) is 9.25. The molecule has 0 spiro atoms. The van der Waals surface area contributed by atoms with Gasteiger partial charge in [-0.1, -0.05) is 41.1 Å². The summed E-state index contributed by atoms with van der Waals surface area (Å²) < 4.78 is 0. The summed E-state index contributed by atoms with van der Waals surface area (Å²) in [4.78, 5) is 4.06. The highest BCUT2D eigenvalue weighted by Crippen LogP contribution is 2.08. The van der Waals surface area contributed by atoms with Gasteiger partial charge in [-0.3, -0.25) is 4.99 Å². The number of nitrogens with two attached hydrogens (primary N) is 1. The minimum atomic E-state index is 0.112. The first-order valence-corrected chi connectivity index (χ1v) is 6.67. The fraction of sp³-hybridized carbons (Fsp3) is 0.500. The summed E-state index contributed by atoms with van der Waals surface area (Å²) in [5, 5.41) is 3.08. The van der Waals surface area contributed by atoms with E-state index >= 15 is 0 Å². The van der Waals surface area contributed by atoms with Crippen LogP contribution in [0.1, 0.15) is 34.1 Å². The molecule has 0 aromatic carbocycles. The van der Waals surface area contributed by atoms with Crippen LogP contribution in [0.4, 0.5) is 0 Å². The van der Waals surface area contributed by atoms with Crippen molar-refractivity contribution < 1.29 is 0 Å². The van der Waals surface area contributed by atoms with Gasteiger partial charge in [0.25, 0.3) is 0 Å². The number of allylic oxidation sites excluding steroid dienone is 3. The molecule has 0 radical (unpaired) electrons. The molecule has 0 aliphatic heterocycles. The van der Waals surface area contributed by atoms with Crippen LogP contribution in [0.2, 0.25) is 0 Å². The van der Waals surface area contributed by atoms with Gasteiger partial charge in [0.15, 0.2) is 0 Å². The smallest absolute Gasteiger partial charge is 0.0683 e. The van der Waals surface area contributed by atoms with Crippen molar-refractivity contribution in [2.24, 2.45) is 10.7 Å². The van der Waals surface area contributed by atoms with Crippen molar-refractivity contribution in [3.05, 3.63) is 34.8 Å². The maximum Gasteiger partial charge on any atom is 0.0683 e. The van der Waals surface area contributed by atoms with Crippen molar-refractivity contribution in [2.75, 3.05) is 7.05 Å². The fourth-order valence-electron chi connectivity index (χ4n) is 1.05. The van der Waals surface area contributed by atoms with Gasteiger partial charge in [-0.2, -0.15) is 0 Å². The molecule has 96 valence electrons. The molecular weight excluding hydrogens is 228 g/mol. The molecule has 0 saturated heterocycles. The molecule has 0 aliphatic carbocycles. The molecule has 3 heteroatoms. The number of thioether (sulfide) groups is 1. The van der Waals surface area contributed by atoms with Crippen molar-refractivity contribution in [3.8, 4) is 0 Å². The Morgan fingerprint density at radius 3 is 2.47 bits per heavy atom. The summed E-state index contributed by atoms with van der Waals surface area (Å²) in [7, 11) is 1.80. The van der Waals surface area contributed by atoms with E-state index in [1.165, 1.54) is 11.1 Å². The standard InChI is InChI=1S/C14H24N2S/c1-11(2)8-9-14(15)12(3)7-6-10-17-13(4)16-5/h6-8,10,14H,9,15H2,1-5H3/b10-6+,12-7+,16-13-. The third-order valence-electron chi connectivity index (χ3n) is 2.36. The second-order valence-corrected chi connectivity index (χ2v) is 5.32. The third kappa shape index (κ3) is 8.95. The van der Waals surface area contributed by atoms with Crippen molar-refractivity contribution in [1.29, 1.82) is 0 Å². The first-order chi connectivity index (χ1) is 7.97. The quantitative estimate of drug-likeness (QED) is 0.349. The van der Waals surface area contributed by atoms with Crippen molar-refractivity contribution in [1.82, 2.24) is 0 Å². The first-order valence-electron chi connectivity index (χ1n) is 5.79. The minimum absolute atomic E-state index is 0.112. The highest BCUT2D eigenvalue weighted by Gasteiger charge is 2.00. The Kier molecular flexibility index (Phi) is 8.82.